The Labute approximate surface area is 170 Å². The van der Waals surface area contributed by atoms with Gasteiger partial charge in [0.2, 0.25) is 0 Å². The van der Waals surface area contributed by atoms with Crippen LogP contribution in [0.5, 0.6) is 0 Å². The molecule has 0 aliphatic carbocycles. The number of hydrogen-bond acceptors (Lipinski definition) is 3. The number of aromatic amines is 1. The molecule has 4 rings (SSSR count). The van der Waals surface area contributed by atoms with Crippen LogP contribution in [-0.2, 0) is 4.74 Å². The topological polar surface area (TPSA) is 50.3 Å². The first kappa shape index (κ1) is 18.9. The largest absolute Gasteiger partial charge is 0.351 e. The van der Waals surface area contributed by atoms with Crippen LogP contribution in [0.4, 0.5) is 0 Å². The van der Waals surface area contributed by atoms with Crippen LogP contribution in [0.2, 0.25) is 5.02 Å². The number of fused-ring (bicyclic) bond motifs is 1. The summed E-state index contributed by atoms with van der Waals surface area (Å²) in [5.74, 6) is 0. The number of H-pyrrole nitrogens is 1. The molecule has 0 saturated carbocycles. The van der Waals surface area contributed by atoms with E-state index in [0.29, 0.717) is 6.42 Å². The second kappa shape index (κ2) is 7.19. The highest BCUT2D eigenvalue weighted by Gasteiger charge is 2.25. The number of allylic oxidation sites excluding steroid dienone is 1. The molecule has 1 unspecified atom stereocenters. The minimum atomic E-state index is -0.285. The second-order valence-electron chi connectivity index (χ2n) is 8.09. The molecule has 3 heterocycles. The SMILES string of the molecule is Cc1c(Cl)cccc1C1=NC(OC(C)(C)C)CC(c2c[nH]c3ncccc23)=C1. The Hall–Kier alpha value is -2.43. The van der Waals surface area contributed by atoms with Crippen molar-refractivity contribution in [3.8, 4) is 0 Å². The van der Waals surface area contributed by atoms with E-state index in [-0.39, 0.29) is 11.8 Å². The Morgan fingerprint density at radius 3 is 2.75 bits per heavy atom. The average Bonchev–Trinajstić information content (AvgIpc) is 3.06. The van der Waals surface area contributed by atoms with E-state index in [4.69, 9.17) is 21.3 Å². The van der Waals surface area contributed by atoms with Crippen LogP contribution in [0.3, 0.4) is 0 Å². The lowest BCUT2D eigenvalue weighted by molar-refractivity contribution is -0.0530. The fraction of sp³-hybridized carbons (Fsp3) is 0.304. The number of halogens is 1. The van der Waals surface area contributed by atoms with E-state index in [2.05, 4.69) is 48.9 Å². The van der Waals surface area contributed by atoms with Crippen LogP contribution in [0.15, 0.2) is 53.8 Å². The van der Waals surface area contributed by atoms with Crippen LogP contribution in [0.1, 0.15) is 43.9 Å². The van der Waals surface area contributed by atoms with Gasteiger partial charge in [0.25, 0.3) is 0 Å². The Balaban J connectivity index is 1.83. The monoisotopic (exact) mass is 393 g/mol. The van der Waals surface area contributed by atoms with Gasteiger partial charge >= 0.3 is 0 Å². The predicted molar refractivity (Wildman–Crippen MR) is 116 cm³/mol. The molecule has 3 aromatic rings. The maximum atomic E-state index is 6.37. The number of aromatic nitrogens is 2. The quantitative estimate of drug-likeness (QED) is 0.598. The van der Waals surface area contributed by atoms with Crippen molar-refractivity contribution in [1.82, 2.24) is 9.97 Å². The van der Waals surface area contributed by atoms with Gasteiger partial charge < -0.3 is 9.72 Å². The van der Waals surface area contributed by atoms with Crippen molar-refractivity contribution in [3.05, 3.63) is 70.5 Å². The molecule has 1 atom stereocenters. The molecule has 0 bridgehead atoms. The molecule has 0 saturated heterocycles. The zero-order valence-corrected chi connectivity index (χ0v) is 17.3. The maximum Gasteiger partial charge on any atom is 0.153 e. The summed E-state index contributed by atoms with van der Waals surface area (Å²) in [4.78, 5) is 12.6. The van der Waals surface area contributed by atoms with Crippen LogP contribution in [-0.4, -0.2) is 27.5 Å². The van der Waals surface area contributed by atoms with E-state index < -0.39 is 0 Å². The van der Waals surface area contributed by atoms with E-state index in [9.17, 15) is 0 Å². The zero-order chi connectivity index (χ0) is 19.9. The fourth-order valence-corrected chi connectivity index (χ4v) is 3.74. The summed E-state index contributed by atoms with van der Waals surface area (Å²) in [6, 6.07) is 9.98. The summed E-state index contributed by atoms with van der Waals surface area (Å²) in [6.07, 6.45) is 6.42. The van der Waals surface area contributed by atoms with Crippen molar-refractivity contribution in [2.75, 3.05) is 0 Å². The first-order valence-electron chi connectivity index (χ1n) is 9.46. The maximum absolute atomic E-state index is 6.37. The third-order valence-corrected chi connectivity index (χ3v) is 5.23. The third kappa shape index (κ3) is 3.75. The summed E-state index contributed by atoms with van der Waals surface area (Å²) in [5.41, 5.74) is 5.87. The molecular weight excluding hydrogens is 370 g/mol. The van der Waals surface area contributed by atoms with Gasteiger partial charge in [0, 0.05) is 40.4 Å². The summed E-state index contributed by atoms with van der Waals surface area (Å²) in [7, 11) is 0. The summed E-state index contributed by atoms with van der Waals surface area (Å²) >= 11 is 6.37. The molecule has 1 aliphatic rings. The molecule has 5 heteroatoms. The molecule has 144 valence electrons. The normalized spacial score (nSPS) is 17.5. The molecule has 4 nitrogen and oxygen atoms in total. The molecule has 1 aromatic carbocycles. The molecule has 0 radical (unpaired) electrons. The second-order valence-corrected chi connectivity index (χ2v) is 8.49. The number of dihydropyridines is 1. The minimum absolute atomic E-state index is 0.255. The average molecular weight is 394 g/mol. The Bertz CT molecular complexity index is 1090. The van der Waals surface area contributed by atoms with E-state index in [1.807, 2.05) is 31.3 Å². The molecule has 0 amide bonds. The lowest BCUT2D eigenvalue weighted by atomic mass is 9.94. The third-order valence-electron chi connectivity index (χ3n) is 4.82. The number of benzene rings is 1. The Morgan fingerprint density at radius 1 is 1.14 bits per heavy atom. The number of rotatable bonds is 3. The van der Waals surface area contributed by atoms with Crippen molar-refractivity contribution in [3.63, 3.8) is 0 Å². The van der Waals surface area contributed by atoms with Gasteiger partial charge in [-0.1, -0.05) is 23.7 Å². The van der Waals surface area contributed by atoms with E-state index in [0.717, 1.165) is 38.5 Å². The van der Waals surface area contributed by atoms with Crippen LogP contribution in [0, 0.1) is 6.92 Å². The van der Waals surface area contributed by atoms with E-state index in [1.54, 1.807) is 6.20 Å². The van der Waals surface area contributed by atoms with Gasteiger partial charge in [-0.15, -0.1) is 0 Å². The molecule has 0 fully saturated rings. The van der Waals surface area contributed by atoms with Crippen molar-refractivity contribution in [1.29, 1.82) is 0 Å². The number of ether oxygens (including phenoxy) is 1. The molecular formula is C23H24ClN3O. The molecule has 2 aromatic heterocycles. The van der Waals surface area contributed by atoms with Gasteiger partial charge in [-0.05, 0) is 63.1 Å². The summed E-state index contributed by atoms with van der Waals surface area (Å²) < 4.78 is 6.25. The molecule has 28 heavy (non-hydrogen) atoms. The van der Waals surface area contributed by atoms with E-state index in [1.165, 1.54) is 5.57 Å². The lowest BCUT2D eigenvalue weighted by Crippen LogP contribution is -2.29. The lowest BCUT2D eigenvalue weighted by Gasteiger charge is -2.29. The van der Waals surface area contributed by atoms with Gasteiger partial charge in [0.15, 0.2) is 6.23 Å². The first-order valence-corrected chi connectivity index (χ1v) is 9.84. The number of pyridine rings is 1. The molecule has 0 spiro atoms. The van der Waals surface area contributed by atoms with E-state index >= 15 is 0 Å². The predicted octanol–water partition coefficient (Wildman–Crippen LogP) is 5.94. The standard InChI is InChI=1S/C23H24ClN3O/c1-14-16(7-5-9-19(14)24)20-11-15(12-21(27-20)28-23(2,3)4)18-13-26-22-17(18)8-6-10-25-22/h5-11,13,21H,12H2,1-4H3,(H,25,26). The van der Waals surface area contributed by atoms with Crippen LogP contribution >= 0.6 is 11.6 Å². The highest BCUT2D eigenvalue weighted by Crippen LogP contribution is 2.33. The van der Waals surface area contributed by atoms with Gasteiger partial charge in [0.05, 0.1) is 11.3 Å². The van der Waals surface area contributed by atoms with Crippen LogP contribution in [0.25, 0.3) is 16.6 Å². The molecule has 1 N–H and O–H groups in total. The van der Waals surface area contributed by atoms with Crippen molar-refractivity contribution >= 4 is 33.9 Å². The van der Waals surface area contributed by atoms with Gasteiger partial charge in [-0.25, -0.2) is 4.98 Å². The van der Waals surface area contributed by atoms with Gasteiger partial charge in [-0.2, -0.15) is 0 Å². The highest BCUT2D eigenvalue weighted by atomic mass is 35.5. The van der Waals surface area contributed by atoms with Crippen molar-refractivity contribution < 1.29 is 4.74 Å². The van der Waals surface area contributed by atoms with Crippen molar-refractivity contribution in [2.24, 2.45) is 4.99 Å². The smallest absolute Gasteiger partial charge is 0.153 e. The van der Waals surface area contributed by atoms with Gasteiger partial charge in [-0.3, -0.25) is 4.99 Å². The highest BCUT2D eigenvalue weighted by molar-refractivity contribution is 6.32. The first-order chi connectivity index (χ1) is 13.3. The minimum Gasteiger partial charge on any atom is -0.351 e. The number of nitrogens with one attached hydrogen (secondary N) is 1. The number of hydrogen-bond donors (Lipinski definition) is 1. The Morgan fingerprint density at radius 2 is 1.96 bits per heavy atom. The summed E-state index contributed by atoms with van der Waals surface area (Å²) in [5, 5.41) is 1.85. The fourth-order valence-electron chi connectivity index (χ4n) is 3.57. The van der Waals surface area contributed by atoms with Crippen molar-refractivity contribution in [2.45, 2.75) is 45.9 Å². The van der Waals surface area contributed by atoms with Gasteiger partial charge in [0.1, 0.15) is 5.65 Å². The summed E-state index contributed by atoms with van der Waals surface area (Å²) in [6.45, 7) is 8.19. The number of aliphatic imine (C=N–C) groups is 1. The molecule has 1 aliphatic heterocycles. The Kier molecular flexibility index (Phi) is 4.86. The number of nitrogens with zero attached hydrogens (tertiary/aromatic N) is 2. The zero-order valence-electron chi connectivity index (χ0n) is 16.6. The van der Waals surface area contributed by atoms with Crippen LogP contribution < -0.4 is 0 Å².